The van der Waals surface area contributed by atoms with Crippen LogP contribution in [0.5, 0.6) is 11.5 Å². The number of likely N-dealkylation sites (tertiary alicyclic amines) is 1. The lowest BCUT2D eigenvalue weighted by Crippen LogP contribution is -2.20. The molecule has 0 radical (unpaired) electrons. The number of hydrogen-bond donors (Lipinski definition) is 1. The van der Waals surface area contributed by atoms with Gasteiger partial charge in [-0.2, -0.15) is 17.2 Å². The molecule has 1 aliphatic heterocycles. The molecule has 1 aliphatic rings. The van der Waals surface area contributed by atoms with Gasteiger partial charge in [-0.15, -0.1) is 4.40 Å². The zero-order valence-corrected chi connectivity index (χ0v) is 17.7. The summed E-state index contributed by atoms with van der Waals surface area (Å²) in [7, 11) is -0.901. The molecule has 0 spiro atoms. The van der Waals surface area contributed by atoms with Crippen molar-refractivity contribution in [2.24, 2.45) is 4.40 Å². The topological polar surface area (TPSA) is 97.3 Å². The first-order chi connectivity index (χ1) is 14.7. The molecule has 1 fully saturated rings. The number of methoxy groups -OCH3 is 1. The van der Waals surface area contributed by atoms with Crippen LogP contribution >= 0.6 is 0 Å². The lowest BCUT2D eigenvalue weighted by Gasteiger charge is -2.12. The molecule has 0 saturated carbocycles. The summed E-state index contributed by atoms with van der Waals surface area (Å²) in [4.78, 5) is 14.3. The first-order valence-corrected chi connectivity index (χ1v) is 10.7. The zero-order chi connectivity index (χ0) is 22.6. The van der Waals surface area contributed by atoms with E-state index in [-0.39, 0.29) is 27.6 Å². The van der Waals surface area contributed by atoms with Crippen molar-refractivity contribution in [2.45, 2.75) is 24.3 Å². The molecule has 2 aromatic carbocycles. The first kappa shape index (κ1) is 22.5. The maximum atomic E-state index is 12.6. The third-order valence-electron chi connectivity index (χ3n) is 4.59. The molecular weight excluding hydrogens is 432 g/mol. The number of anilines is 1. The summed E-state index contributed by atoms with van der Waals surface area (Å²) >= 11 is 0. The molecule has 11 heteroatoms. The van der Waals surface area contributed by atoms with Crippen molar-refractivity contribution in [3.63, 3.8) is 0 Å². The molecule has 3 rings (SSSR count). The molecule has 0 atom stereocenters. The third kappa shape index (κ3) is 5.48. The molecule has 0 bridgehead atoms. The van der Waals surface area contributed by atoms with Crippen LogP contribution in [0.25, 0.3) is 0 Å². The number of nitrogens with one attached hydrogen (secondary N) is 1. The highest BCUT2D eigenvalue weighted by molar-refractivity contribution is 7.90. The van der Waals surface area contributed by atoms with Gasteiger partial charge < -0.3 is 19.7 Å². The van der Waals surface area contributed by atoms with Gasteiger partial charge in [0.15, 0.2) is 11.5 Å². The van der Waals surface area contributed by atoms with E-state index in [1.807, 2.05) is 0 Å². The van der Waals surface area contributed by atoms with Crippen LogP contribution in [0.1, 0.15) is 23.2 Å². The minimum absolute atomic E-state index is 0.0409. The number of alkyl halides is 2. The number of halogens is 2. The Morgan fingerprint density at radius 2 is 1.97 bits per heavy atom. The van der Waals surface area contributed by atoms with Crippen molar-refractivity contribution in [1.29, 1.82) is 0 Å². The maximum Gasteiger partial charge on any atom is 0.387 e. The molecule has 2 aromatic rings. The number of amides is 1. The third-order valence-corrected chi connectivity index (χ3v) is 5.89. The van der Waals surface area contributed by atoms with Crippen LogP contribution in [0.2, 0.25) is 0 Å². The number of carbonyl (C=O) groups excluding carboxylic acids is 1. The van der Waals surface area contributed by atoms with Crippen molar-refractivity contribution in [2.75, 3.05) is 26.0 Å². The Kier molecular flexibility index (Phi) is 6.74. The fourth-order valence-electron chi connectivity index (χ4n) is 3.04. The minimum Gasteiger partial charge on any atom is -0.493 e. The molecule has 166 valence electrons. The van der Waals surface area contributed by atoms with E-state index in [4.69, 9.17) is 4.74 Å². The van der Waals surface area contributed by atoms with Gasteiger partial charge in [0.05, 0.1) is 12.0 Å². The summed E-state index contributed by atoms with van der Waals surface area (Å²) in [5, 5.41) is 2.58. The van der Waals surface area contributed by atoms with Crippen molar-refractivity contribution in [3.8, 4) is 11.5 Å². The molecule has 1 saturated heterocycles. The molecule has 1 heterocycles. The van der Waals surface area contributed by atoms with E-state index in [0.717, 1.165) is 13.0 Å². The van der Waals surface area contributed by atoms with Crippen LogP contribution in [-0.4, -0.2) is 52.4 Å². The van der Waals surface area contributed by atoms with Crippen LogP contribution < -0.4 is 14.8 Å². The number of ether oxygens (including phenoxy) is 2. The number of hydrogen-bond acceptors (Lipinski definition) is 5. The van der Waals surface area contributed by atoms with E-state index in [0.29, 0.717) is 12.3 Å². The Morgan fingerprint density at radius 1 is 1.19 bits per heavy atom. The van der Waals surface area contributed by atoms with E-state index >= 15 is 0 Å². The van der Waals surface area contributed by atoms with Crippen LogP contribution in [0, 0.1) is 0 Å². The number of carbonyl (C=O) groups is 1. The Morgan fingerprint density at radius 3 is 2.61 bits per heavy atom. The quantitative estimate of drug-likeness (QED) is 0.691. The monoisotopic (exact) mass is 453 g/mol. The lowest BCUT2D eigenvalue weighted by molar-refractivity contribution is -0.0512. The summed E-state index contributed by atoms with van der Waals surface area (Å²) in [5.74, 6) is -0.343. The van der Waals surface area contributed by atoms with E-state index < -0.39 is 22.5 Å². The normalized spacial score (nSPS) is 15.4. The molecule has 1 N–H and O–H groups in total. The summed E-state index contributed by atoms with van der Waals surface area (Å²) in [6, 6.07) is 9.43. The molecule has 0 aliphatic carbocycles. The van der Waals surface area contributed by atoms with Gasteiger partial charge in [0.2, 0.25) is 0 Å². The van der Waals surface area contributed by atoms with Crippen LogP contribution in [0.4, 0.5) is 14.5 Å². The summed E-state index contributed by atoms with van der Waals surface area (Å²) in [5.41, 5.74) is 0.345. The van der Waals surface area contributed by atoms with Crippen molar-refractivity contribution in [3.05, 3.63) is 48.0 Å². The van der Waals surface area contributed by atoms with Gasteiger partial charge in [-0.3, -0.25) is 4.79 Å². The van der Waals surface area contributed by atoms with Crippen molar-refractivity contribution in [1.82, 2.24) is 4.90 Å². The van der Waals surface area contributed by atoms with Gasteiger partial charge >= 0.3 is 6.61 Å². The Balaban J connectivity index is 1.80. The van der Waals surface area contributed by atoms with Crippen LogP contribution in [0.3, 0.4) is 0 Å². The number of benzene rings is 2. The van der Waals surface area contributed by atoms with Gasteiger partial charge in [-0.05, 0) is 42.8 Å². The lowest BCUT2D eigenvalue weighted by atomic mass is 10.2. The average Bonchev–Trinajstić information content (AvgIpc) is 3.11. The van der Waals surface area contributed by atoms with E-state index in [9.17, 15) is 22.0 Å². The van der Waals surface area contributed by atoms with Gasteiger partial charge in [0, 0.05) is 31.3 Å². The van der Waals surface area contributed by atoms with Crippen LogP contribution in [-0.2, 0) is 10.0 Å². The highest BCUT2D eigenvalue weighted by atomic mass is 32.2. The average molecular weight is 453 g/mol. The molecule has 0 aromatic heterocycles. The Bertz CT molecular complexity index is 1110. The van der Waals surface area contributed by atoms with Crippen molar-refractivity contribution < 1.29 is 31.5 Å². The first-order valence-electron chi connectivity index (χ1n) is 9.29. The van der Waals surface area contributed by atoms with Gasteiger partial charge in [0.25, 0.3) is 15.9 Å². The second-order valence-corrected chi connectivity index (χ2v) is 8.34. The molecule has 0 unspecified atom stereocenters. The standard InChI is InChI=1S/C20H21F2N3O5S/c1-25-10-4-7-18(25)24-31(27,28)15-6-3-5-14(12-15)23-19(26)13-8-9-16(30-20(21)22)17(11-13)29-2/h3,5-6,8-9,11-12,20H,4,7,10H2,1-2H3,(H,23,26). The highest BCUT2D eigenvalue weighted by Gasteiger charge is 2.21. The van der Waals surface area contributed by atoms with Gasteiger partial charge in [-0.1, -0.05) is 6.07 Å². The van der Waals surface area contributed by atoms with Crippen molar-refractivity contribution >= 4 is 27.5 Å². The zero-order valence-electron chi connectivity index (χ0n) is 16.8. The number of amidine groups is 1. The number of nitrogens with zero attached hydrogens (tertiary/aromatic N) is 2. The predicted molar refractivity (Wildman–Crippen MR) is 111 cm³/mol. The largest absolute Gasteiger partial charge is 0.493 e. The van der Waals surface area contributed by atoms with Gasteiger partial charge in [-0.25, -0.2) is 0 Å². The second-order valence-electron chi connectivity index (χ2n) is 6.73. The molecule has 1 amide bonds. The Labute approximate surface area is 178 Å². The summed E-state index contributed by atoms with van der Waals surface area (Å²) in [6.07, 6.45) is 1.42. The van der Waals surface area contributed by atoms with Crippen LogP contribution in [0.15, 0.2) is 51.8 Å². The second kappa shape index (κ2) is 9.29. The number of sulfonamides is 1. The molecule has 8 nitrogen and oxygen atoms in total. The summed E-state index contributed by atoms with van der Waals surface area (Å²) < 4.78 is 63.4. The highest BCUT2D eigenvalue weighted by Crippen LogP contribution is 2.30. The smallest absolute Gasteiger partial charge is 0.387 e. The SMILES string of the molecule is COc1cc(C(=O)Nc2cccc(S(=O)(=O)N=C3CCCN3C)c2)ccc1OC(F)F. The van der Waals surface area contributed by atoms with E-state index in [1.54, 1.807) is 11.9 Å². The minimum atomic E-state index is -3.94. The molecule has 31 heavy (non-hydrogen) atoms. The number of rotatable bonds is 7. The fourth-order valence-corrected chi connectivity index (χ4v) is 4.18. The van der Waals surface area contributed by atoms with Gasteiger partial charge in [0.1, 0.15) is 5.84 Å². The fraction of sp³-hybridized carbons (Fsp3) is 0.300. The van der Waals surface area contributed by atoms with E-state index in [2.05, 4.69) is 14.5 Å². The Hall–Kier alpha value is -3.21. The molecular formula is C20H21F2N3O5S. The predicted octanol–water partition coefficient (Wildman–Crippen LogP) is 3.36. The van der Waals surface area contributed by atoms with E-state index in [1.165, 1.54) is 49.6 Å². The summed E-state index contributed by atoms with van der Waals surface area (Å²) in [6.45, 7) is -2.29. The maximum absolute atomic E-state index is 12.6.